The van der Waals surface area contributed by atoms with Gasteiger partial charge in [0.05, 0.1) is 12.0 Å². The Morgan fingerprint density at radius 3 is 2.70 bits per heavy atom. The van der Waals surface area contributed by atoms with Crippen molar-refractivity contribution in [1.82, 2.24) is 39.8 Å². The summed E-state index contributed by atoms with van der Waals surface area (Å²) < 4.78 is 13.7. The molecule has 4 aromatic heterocycles. The molecule has 2 aromatic carbocycles. The quantitative estimate of drug-likeness (QED) is 0.140. The minimum absolute atomic E-state index is 0.220. The third-order valence-corrected chi connectivity index (χ3v) is 7.69. The Bertz CT molecular complexity index is 1940. The van der Waals surface area contributed by atoms with Crippen molar-refractivity contribution in [3.8, 4) is 22.5 Å². The van der Waals surface area contributed by atoms with Crippen LogP contribution < -0.4 is 10.6 Å². The van der Waals surface area contributed by atoms with Crippen LogP contribution in [0.2, 0.25) is 0 Å². The summed E-state index contributed by atoms with van der Waals surface area (Å²) >= 11 is 1.52. The van der Waals surface area contributed by atoms with Crippen LogP contribution in [0.1, 0.15) is 16.1 Å². The summed E-state index contributed by atoms with van der Waals surface area (Å²) in [4.78, 5) is 44.2. The zero-order valence-corrected chi connectivity index (χ0v) is 25.0. The van der Waals surface area contributed by atoms with Crippen LogP contribution in [-0.4, -0.2) is 72.1 Å². The van der Waals surface area contributed by atoms with Gasteiger partial charge >= 0.3 is 0 Å². The van der Waals surface area contributed by atoms with E-state index < -0.39 is 5.91 Å². The monoisotopic (exact) mass is 608 g/mol. The first kappa shape index (κ1) is 29.0. The highest BCUT2D eigenvalue weighted by atomic mass is 32.2. The van der Waals surface area contributed by atoms with E-state index in [9.17, 15) is 9.18 Å². The molecular weight excluding hydrogens is 579 g/mol. The molecular formula is C31H29FN10OS. The van der Waals surface area contributed by atoms with Crippen molar-refractivity contribution in [1.29, 1.82) is 0 Å². The molecule has 6 rings (SSSR count). The van der Waals surface area contributed by atoms with Gasteiger partial charge in [-0.25, -0.2) is 29.3 Å². The Morgan fingerprint density at radius 2 is 1.89 bits per heavy atom. The highest BCUT2D eigenvalue weighted by Crippen LogP contribution is 2.33. The van der Waals surface area contributed by atoms with E-state index in [0.29, 0.717) is 44.8 Å². The highest BCUT2D eigenvalue weighted by molar-refractivity contribution is 7.99. The van der Waals surface area contributed by atoms with Gasteiger partial charge in [0.2, 0.25) is 0 Å². The number of amides is 1. The van der Waals surface area contributed by atoms with Crippen LogP contribution >= 0.6 is 11.8 Å². The maximum Gasteiger partial charge on any atom is 0.276 e. The Kier molecular flexibility index (Phi) is 8.30. The second kappa shape index (κ2) is 12.6. The number of nitrogens with one attached hydrogen (secondary N) is 4. The fourth-order valence-electron chi connectivity index (χ4n) is 4.54. The third-order valence-electron chi connectivity index (χ3n) is 6.84. The van der Waals surface area contributed by atoms with E-state index in [-0.39, 0.29) is 11.5 Å². The Morgan fingerprint density at radius 1 is 1.05 bits per heavy atom. The van der Waals surface area contributed by atoms with E-state index >= 15 is 0 Å². The number of imidazole rings is 2. The molecule has 0 saturated heterocycles. The fraction of sp³-hybridized carbons (Fsp3) is 0.161. The summed E-state index contributed by atoms with van der Waals surface area (Å²) in [5.74, 6) is 0.611. The maximum atomic E-state index is 13.7. The first-order valence-corrected chi connectivity index (χ1v) is 14.8. The predicted octanol–water partition coefficient (Wildman–Crippen LogP) is 5.90. The summed E-state index contributed by atoms with van der Waals surface area (Å²) in [5, 5.41) is 6.99. The second-order valence-corrected chi connectivity index (χ2v) is 11.3. The lowest BCUT2D eigenvalue weighted by molar-refractivity contribution is 0.102. The molecule has 0 radical (unpaired) electrons. The number of hydrogen-bond donors (Lipinski definition) is 4. The molecule has 1 amide bonds. The molecule has 0 bridgehead atoms. The number of benzene rings is 2. The van der Waals surface area contributed by atoms with Crippen LogP contribution in [0.3, 0.4) is 0 Å². The number of anilines is 3. The van der Waals surface area contributed by atoms with Crippen molar-refractivity contribution in [3.05, 3.63) is 90.5 Å². The van der Waals surface area contributed by atoms with Crippen LogP contribution in [0.4, 0.5) is 21.6 Å². The zero-order valence-electron chi connectivity index (χ0n) is 24.2. The van der Waals surface area contributed by atoms with E-state index in [1.807, 2.05) is 51.4 Å². The molecule has 6 aromatic rings. The molecule has 0 atom stereocenters. The molecule has 0 unspecified atom stereocenters. The van der Waals surface area contributed by atoms with Gasteiger partial charge in [0, 0.05) is 41.0 Å². The van der Waals surface area contributed by atoms with Gasteiger partial charge in [0.1, 0.15) is 29.2 Å². The largest absolute Gasteiger partial charge is 0.339 e. The minimum atomic E-state index is -0.393. The molecule has 0 aliphatic rings. The number of carbonyl (C=O) groups is 1. The normalized spacial score (nSPS) is 11.3. The standard InChI is InChI=1S/C31H29FN10OS/c1-18-6-11-21(15-23(18)39-28-22(5-4-12-33-28)25-26-29(36-16-34-25)37-17-35-26)38-30(43)27-24(19-7-9-20(32)10-8-19)40-31(41-27)44-14-13-42(2)3/h4-12,15-17H,13-14H2,1-3H3,(H,33,39)(H,38,43)(H,40,41)(H,34,35,36,37). The van der Waals surface area contributed by atoms with Gasteiger partial charge in [-0.3, -0.25) is 4.79 Å². The summed E-state index contributed by atoms with van der Waals surface area (Å²) in [6.45, 7) is 2.81. The van der Waals surface area contributed by atoms with Gasteiger partial charge in [0.15, 0.2) is 16.5 Å². The van der Waals surface area contributed by atoms with Crippen molar-refractivity contribution >= 4 is 46.0 Å². The van der Waals surface area contributed by atoms with Gasteiger partial charge in [0.25, 0.3) is 5.91 Å². The molecule has 0 saturated carbocycles. The summed E-state index contributed by atoms with van der Waals surface area (Å²) in [7, 11) is 4.00. The number of fused-ring (bicyclic) bond motifs is 1. The van der Waals surface area contributed by atoms with E-state index in [1.165, 1.54) is 30.2 Å². The number of rotatable bonds is 10. The SMILES string of the molecule is Cc1ccc(NC(=O)c2nc(SCCN(C)C)[nH]c2-c2ccc(F)cc2)cc1Nc1ncccc1-c1ncnc2[nH]cnc12. The lowest BCUT2D eigenvalue weighted by Gasteiger charge is -2.14. The molecule has 11 nitrogen and oxygen atoms in total. The van der Waals surface area contributed by atoms with Gasteiger partial charge in [-0.05, 0) is 75.1 Å². The number of aromatic amines is 2. The molecule has 0 aliphatic heterocycles. The average molecular weight is 609 g/mol. The number of halogens is 1. The first-order chi connectivity index (χ1) is 21.4. The number of hydrogen-bond acceptors (Lipinski definition) is 9. The van der Waals surface area contributed by atoms with Gasteiger partial charge in [-0.1, -0.05) is 17.8 Å². The zero-order chi connectivity index (χ0) is 30.6. The summed E-state index contributed by atoms with van der Waals surface area (Å²) in [5.41, 5.74) is 6.31. The average Bonchev–Trinajstić information content (AvgIpc) is 3.67. The maximum absolute atomic E-state index is 13.7. The van der Waals surface area contributed by atoms with Crippen molar-refractivity contribution in [2.75, 3.05) is 37.0 Å². The Labute approximate surface area is 256 Å². The molecule has 4 heterocycles. The molecule has 0 fully saturated rings. The van der Waals surface area contributed by atoms with Gasteiger partial charge in [-0.15, -0.1) is 0 Å². The van der Waals surface area contributed by atoms with Crippen molar-refractivity contribution < 1.29 is 9.18 Å². The molecule has 4 N–H and O–H groups in total. The first-order valence-electron chi connectivity index (χ1n) is 13.8. The van der Waals surface area contributed by atoms with E-state index in [1.54, 1.807) is 24.7 Å². The highest BCUT2D eigenvalue weighted by Gasteiger charge is 2.21. The molecule has 13 heteroatoms. The van der Waals surface area contributed by atoms with Crippen LogP contribution in [-0.2, 0) is 0 Å². The number of thioether (sulfide) groups is 1. The number of nitrogens with zero attached hydrogens (tertiary/aromatic N) is 6. The van der Waals surface area contributed by atoms with Crippen LogP contribution in [0.15, 0.2) is 78.6 Å². The van der Waals surface area contributed by atoms with E-state index in [0.717, 1.165) is 29.1 Å². The van der Waals surface area contributed by atoms with Crippen LogP contribution in [0, 0.1) is 12.7 Å². The molecule has 0 aliphatic carbocycles. The van der Waals surface area contributed by atoms with Gasteiger partial charge < -0.3 is 25.5 Å². The lowest BCUT2D eigenvalue weighted by atomic mass is 10.1. The number of pyridine rings is 1. The number of aromatic nitrogens is 7. The van der Waals surface area contributed by atoms with Gasteiger partial charge in [-0.2, -0.15) is 0 Å². The summed E-state index contributed by atoms with van der Waals surface area (Å²) in [6.07, 6.45) is 4.75. The van der Waals surface area contributed by atoms with E-state index in [4.69, 9.17) is 0 Å². The molecule has 0 spiro atoms. The van der Waals surface area contributed by atoms with Crippen LogP contribution in [0.5, 0.6) is 0 Å². The van der Waals surface area contributed by atoms with Crippen molar-refractivity contribution in [2.24, 2.45) is 0 Å². The fourth-order valence-corrected chi connectivity index (χ4v) is 5.52. The number of aryl methyl sites for hydroxylation is 1. The summed E-state index contributed by atoms with van der Waals surface area (Å²) in [6, 6.07) is 15.3. The molecule has 44 heavy (non-hydrogen) atoms. The minimum Gasteiger partial charge on any atom is -0.339 e. The molecule has 222 valence electrons. The Balaban J connectivity index is 1.28. The predicted molar refractivity (Wildman–Crippen MR) is 171 cm³/mol. The van der Waals surface area contributed by atoms with Crippen molar-refractivity contribution in [3.63, 3.8) is 0 Å². The Hall–Kier alpha value is -5.14. The van der Waals surface area contributed by atoms with Crippen molar-refractivity contribution in [2.45, 2.75) is 12.1 Å². The topological polar surface area (TPSA) is 140 Å². The smallest absolute Gasteiger partial charge is 0.276 e. The number of carbonyl (C=O) groups excluding carboxylic acids is 1. The second-order valence-electron chi connectivity index (χ2n) is 10.3. The third kappa shape index (κ3) is 6.28. The number of H-pyrrole nitrogens is 2. The lowest BCUT2D eigenvalue weighted by Crippen LogP contribution is -2.15. The van der Waals surface area contributed by atoms with Crippen LogP contribution in [0.25, 0.3) is 33.7 Å². The van der Waals surface area contributed by atoms with E-state index in [2.05, 4.69) is 50.4 Å².